The number of hydrogen-bond acceptors (Lipinski definition) is 3. The molecule has 1 aromatic heterocycles. The van der Waals surface area contributed by atoms with Gasteiger partial charge in [0, 0.05) is 15.1 Å². The first kappa shape index (κ1) is 13.3. The Hall–Kier alpha value is -1.09. The number of rotatable bonds is 2. The maximum atomic E-state index is 12.0. The highest BCUT2D eigenvalue weighted by Gasteiger charge is 2.14. The van der Waals surface area contributed by atoms with Gasteiger partial charge in [-0.15, -0.1) is 0 Å². The number of carbonyl (C=O) groups excluding carboxylic acids is 1. The van der Waals surface area contributed by atoms with Gasteiger partial charge in [0.15, 0.2) is 0 Å². The van der Waals surface area contributed by atoms with Crippen LogP contribution in [-0.2, 0) is 7.05 Å². The van der Waals surface area contributed by atoms with E-state index in [9.17, 15) is 4.79 Å². The average molecular weight is 421 g/mol. The summed E-state index contributed by atoms with van der Waals surface area (Å²) in [6.07, 6.45) is 1.45. The second-order valence-corrected chi connectivity index (χ2v) is 5.72. The molecule has 1 aromatic carbocycles. The van der Waals surface area contributed by atoms with Gasteiger partial charge in [-0.2, -0.15) is 5.10 Å². The molecule has 0 spiro atoms. The molecule has 0 saturated carbocycles. The van der Waals surface area contributed by atoms with Gasteiger partial charge in [-0.05, 0) is 40.8 Å². The Morgan fingerprint density at radius 2 is 2.28 bits per heavy atom. The Labute approximate surface area is 126 Å². The zero-order valence-electron chi connectivity index (χ0n) is 9.45. The minimum atomic E-state index is -0.267. The van der Waals surface area contributed by atoms with E-state index in [2.05, 4.69) is 48.9 Å². The van der Waals surface area contributed by atoms with Crippen LogP contribution in [-0.4, -0.2) is 15.7 Å². The summed E-state index contributed by atoms with van der Waals surface area (Å²) in [6, 6.07) is 5.66. The van der Waals surface area contributed by atoms with Crippen molar-refractivity contribution in [2.45, 2.75) is 0 Å². The van der Waals surface area contributed by atoms with Crippen molar-refractivity contribution in [1.29, 1.82) is 0 Å². The lowest BCUT2D eigenvalue weighted by Gasteiger charge is -2.07. The Morgan fingerprint density at radius 1 is 1.56 bits per heavy atom. The molecule has 94 valence electrons. The predicted molar refractivity (Wildman–Crippen MR) is 82.4 cm³/mol. The molecule has 0 aliphatic heterocycles. The van der Waals surface area contributed by atoms with Gasteiger partial charge < -0.3 is 11.1 Å². The van der Waals surface area contributed by atoms with Crippen molar-refractivity contribution in [2.24, 2.45) is 7.05 Å². The van der Waals surface area contributed by atoms with E-state index in [-0.39, 0.29) is 5.91 Å². The molecular weight excluding hydrogens is 411 g/mol. The van der Waals surface area contributed by atoms with E-state index < -0.39 is 0 Å². The molecule has 0 saturated heterocycles. The monoisotopic (exact) mass is 420 g/mol. The predicted octanol–water partition coefficient (Wildman–Crippen LogP) is 2.62. The summed E-state index contributed by atoms with van der Waals surface area (Å²) in [6.45, 7) is 0. The minimum absolute atomic E-state index is 0.267. The summed E-state index contributed by atoms with van der Waals surface area (Å²) >= 11 is 5.52. The smallest absolute Gasteiger partial charge is 0.261 e. The molecule has 0 aliphatic carbocycles. The number of anilines is 2. The van der Waals surface area contributed by atoms with Crippen LogP contribution >= 0.6 is 38.5 Å². The maximum absolute atomic E-state index is 12.0. The molecule has 0 atom stereocenters. The van der Waals surface area contributed by atoms with Gasteiger partial charge in [0.1, 0.15) is 11.4 Å². The number of aryl methyl sites for hydroxylation is 1. The van der Waals surface area contributed by atoms with E-state index in [1.54, 1.807) is 7.05 Å². The standard InChI is InChI=1S/C11H10BrIN4O/c1-17-10(14)7(5-15-17)11(18)16-9-4-6(12)2-3-8(9)13/h2-5H,14H2,1H3,(H,16,18). The third-order valence-corrected chi connectivity index (χ3v) is 3.84. The Balaban J connectivity index is 2.27. The van der Waals surface area contributed by atoms with Crippen molar-refractivity contribution in [3.8, 4) is 0 Å². The first-order valence-electron chi connectivity index (χ1n) is 5.03. The van der Waals surface area contributed by atoms with Crippen LogP contribution in [0.3, 0.4) is 0 Å². The summed E-state index contributed by atoms with van der Waals surface area (Å²) in [5, 5.41) is 6.75. The van der Waals surface area contributed by atoms with Crippen molar-refractivity contribution in [2.75, 3.05) is 11.1 Å². The fourth-order valence-electron chi connectivity index (χ4n) is 1.40. The normalized spacial score (nSPS) is 10.4. The van der Waals surface area contributed by atoms with Crippen LogP contribution in [0.25, 0.3) is 0 Å². The van der Waals surface area contributed by atoms with Crippen molar-refractivity contribution in [3.05, 3.63) is 38.0 Å². The zero-order chi connectivity index (χ0) is 13.3. The van der Waals surface area contributed by atoms with Gasteiger partial charge in [-0.1, -0.05) is 15.9 Å². The number of halogens is 2. The molecule has 3 N–H and O–H groups in total. The summed E-state index contributed by atoms with van der Waals surface area (Å²) in [7, 11) is 1.69. The third kappa shape index (κ3) is 2.66. The number of carbonyl (C=O) groups is 1. The van der Waals surface area contributed by atoms with Gasteiger partial charge >= 0.3 is 0 Å². The second kappa shape index (κ2) is 5.27. The van der Waals surface area contributed by atoms with E-state index in [4.69, 9.17) is 5.73 Å². The highest BCUT2D eigenvalue weighted by Crippen LogP contribution is 2.24. The fraction of sp³-hybridized carbons (Fsp3) is 0.0909. The van der Waals surface area contributed by atoms with Crippen LogP contribution < -0.4 is 11.1 Å². The lowest BCUT2D eigenvalue weighted by Crippen LogP contribution is -2.14. The molecule has 7 heteroatoms. The molecule has 0 aliphatic rings. The average Bonchev–Trinajstić information content (AvgIpc) is 2.65. The van der Waals surface area contributed by atoms with E-state index in [1.165, 1.54) is 10.9 Å². The van der Waals surface area contributed by atoms with Crippen molar-refractivity contribution >= 4 is 55.9 Å². The Kier molecular flexibility index (Phi) is 3.91. The molecule has 18 heavy (non-hydrogen) atoms. The van der Waals surface area contributed by atoms with Crippen LogP contribution in [0.5, 0.6) is 0 Å². The van der Waals surface area contributed by atoms with Crippen molar-refractivity contribution in [1.82, 2.24) is 9.78 Å². The third-order valence-electron chi connectivity index (χ3n) is 2.41. The Morgan fingerprint density at radius 3 is 2.89 bits per heavy atom. The molecule has 0 bridgehead atoms. The van der Waals surface area contributed by atoms with Gasteiger partial charge in [0.2, 0.25) is 0 Å². The largest absolute Gasteiger partial charge is 0.383 e. The first-order valence-corrected chi connectivity index (χ1v) is 6.90. The SMILES string of the molecule is Cn1ncc(C(=O)Nc2cc(Br)ccc2I)c1N. The number of nitrogens with two attached hydrogens (primary N) is 1. The number of aromatic nitrogens is 2. The van der Waals surface area contributed by atoms with Gasteiger partial charge in [-0.3, -0.25) is 9.48 Å². The Bertz CT molecular complexity index is 611. The zero-order valence-corrected chi connectivity index (χ0v) is 13.2. The molecular formula is C11H10BrIN4O. The molecule has 0 unspecified atom stereocenters. The molecule has 5 nitrogen and oxygen atoms in total. The lowest BCUT2D eigenvalue weighted by atomic mass is 10.2. The van der Waals surface area contributed by atoms with E-state index >= 15 is 0 Å². The quantitative estimate of drug-likeness (QED) is 0.733. The van der Waals surface area contributed by atoms with E-state index in [1.807, 2.05) is 18.2 Å². The number of benzene rings is 1. The first-order chi connectivity index (χ1) is 8.49. The van der Waals surface area contributed by atoms with Crippen LogP contribution in [0.15, 0.2) is 28.9 Å². The van der Waals surface area contributed by atoms with Gasteiger partial charge in [0.25, 0.3) is 5.91 Å². The van der Waals surface area contributed by atoms with Crippen LogP contribution in [0.1, 0.15) is 10.4 Å². The summed E-state index contributed by atoms with van der Waals surface area (Å²) in [5.41, 5.74) is 6.86. The molecule has 0 radical (unpaired) electrons. The second-order valence-electron chi connectivity index (χ2n) is 3.65. The van der Waals surface area contributed by atoms with E-state index in [0.717, 1.165) is 13.7 Å². The van der Waals surface area contributed by atoms with Gasteiger partial charge in [-0.25, -0.2) is 0 Å². The number of nitrogens with one attached hydrogen (secondary N) is 1. The lowest BCUT2D eigenvalue weighted by molar-refractivity contribution is 0.102. The topological polar surface area (TPSA) is 72.9 Å². The minimum Gasteiger partial charge on any atom is -0.383 e. The van der Waals surface area contributed by atoms with Crippen LogP contribution in [0, 0.1) is 3.57 Å². The fourth-order valence-corrected chi connectivity index (χ4v) is 2.24. The molecule has 2 aromatic rings. The highest BCUT2D eigenvalue weighted by molar-refractivity contribution is 14.1. The molecule has 0 fully saturated rings. The van der Waals surface area contributed by atoms with Crippen LogP contribution in [0.4, 0.5) is 11.5 Å². The summed E-state index contributed by atoms with van der Waals surface area (Å²) < 4.78 is 3.31. The van der Waals surface area contributed by atoms with Crippen molar-refractivity contribution < 1.29 is 4.79 Å². The van der Waals surface area contributed by atoms with Crippen LogP contribution in [0.2, 0.25) is 0 Å². The summed E-state index contributed by atoms with van der Waals surface area (Å²) in [4.78, 5) is 12.0. The number of hydrogen-bond donors (Lipinski definition) is 2. The molecule has 2 rings (SSSR count). The maximum Gasteiger partial charge on any atom is 0.261 e. The summed E-state index contributed by atoms with van der Waals surface area (Å²) in [5.74, 6) is 0.0779. The number of nitrogens with zero attached hydrogens (tertiary/aromatic N) is 2. The number of amides is 1. The highest BCUT2D eigenvalue weighted by atomic mass is 127. The molecule has 1 heterocycles. The van der Waals surface area contributed by atoms with Gasteiger partial charge in [0.05, 0.1) is 11.9 Å². The number of nitrogen functional groups attached to an aromatic ring is 1. The van der Waals surface area contributed by atoms with E-state index in [0.29, 0.717) is 11.4 Å². The van der Waals surface area contributed by atoms with Crippen molar-refractivity contribution in [3.63, 3.8) is 0 Å². The molecule has 1 amide bonds.